The quantitative estimate of drug-likeness (QED) is 0.102. The van der Waals surface area contributed by atoms with E-state index >= 15 is 0 Å². The van der Waals surface area contributed by atoms with E-state index in [2.05, 4.69) is 34.8 Å². The van der Waals surface area contributed by atoms with E-state index in [9.17, 15) is 14.4 Å². The number of nitrogens with zero attached hydrogens (tertiary/aromatic N) is 1. The van der Waals surface area contributed by atoms with E-state index in [1.165, 1.54) is 17.3 Å². The summed E-state index contributed by atoms with van der Waals surface area (Å²) in [6.45, 7) is 4.26. The molecule has 0 radical (unpaired) electrons. The minimum Gasteiger partial charge on any atom is -0.325 e. The van der Waals surface area contributed by atoms with Gasteiger partial charge in [-0.2, -0.15) is 0 Å². The summed E-state index contributed by atoms with van der Waals surface area (Å²) in [7, 11) is 0. The van der Waals surface area contributed by atoms with E-state index in [1.807, 2.05) is 78.9 Å². The number of benzene rings is 4. The Morgan fingerprint density at radius 3 is 2.11 bits per heavy atom. The van der Waals surface area contributed by atoms with Gasteiger partial charge in [-0.05, 0) is 77.2 Å². The SMILES string of the molecule is CC(C)c1ccc(NC(=O)C(Sc2cccc(NC(=O)/C(=C/c3cccnc3)NC(=O)c3ccccc3)c2)c2ccccc2)cc1. The van der Waals surface area contributed by atoms with Gasteiger partial charge in [-0.25, -0.2) is 0 Å². The number of hydrogen-bond donors (Lipinski definition) is 3. The third-order valence-corrected chi connectivity index (χ3v) is 8.30. The molecule has 0 aliphatic heterocycles. The molecule has 4 aromatic carbocycles. The molecule has 0 fully saturated rings. The average molecular weight is 627 g/mol. The summed E-state index contributed by atoms with van der Waals surface area (Å²) in [5, 5.41) is 8.15. The second-order valence-corrected chi connectivity index (χ2v) is 12.0. The van der Waals surface area contributed by atoms with Gasteiger partial charge in [0.25, 0.3) is 11.8 Å². The Kier molecular flexibility index (Phi) is 10.8. The van der Waals surface area contributed by atoms with Crippen molar-refractivity contribution in [3.63, 3.8) is 0 Å². The summed E-state index contributed by atoms with van der Waals surface area (Å²) in [5.74, 6) is -0.677. The molecule has 0 saturated carbocycles. The Morgan fingerprint density at radius 1 is 0.717 bits per heavy atom. The maximum atomic E-state index is 13.6. The van der Waals surface area contributed by atoms with Gasteiger partial charge in [0.05, 0.1) is 0 Å². The smallest absolute Gasteiger partial charge is 0.272 e. The Balaban J connectivity index is 1.35. The van der Waals surface area contributed by atoms with Gasteiger partial charge >= 0.3 is 0 Å². The third kappa shape index (κ3) is 8.80. The van der Waals surface area contributed by atoms with Crippen LogP contribution in [-0.2, 0) is 9.59 Å². The van der Waals surface area contributed by atoms with Crippen LogP contribution in [0.3, 0.4) is 0 Å². The fourth-order valence-corrected chi connectivity index (χ4v) is 5.70. The molecule has 1 unspecified atom stereocenters. The van der Waals surface area contributed by atoms with E-state index in [0.717, 1.165) is 16.1 Å². The molecular formula is C38H34N4O3S. The second-order valence-electron chi connectivity index (χ2n) is 10.8. The molecule has 5 rings (SSSR count). The Morgan fingerprint density at radius 2 is 1.43 bits per heavy atom. The first-order valence-electron chi connectivity index (χ1n) is 14.9. The van der Waals surface area contributed by atoms with Gasteiger partial charge < -0.3 is 16.0 Å². The first-order valence-corrected chi connectivity index (χ1v) is 15.8. The molecule has 8 heteroatoms. The van der Waals surface area contributed by atoms with Gasteiger partial charge in [-0.15, -0.1) is 11.8 Å². The number of rotatable bonds is 11. The Bertz CT molecular complexity index is 1810. The molecule has 0 bridgehead atoms. The highest BCUT2D eigenvalue weighted by Gasteiger charge is 2.23. The molecule has 5 aromatic rings. The molecule has 0 aliphatic carbocycles. The topological polar surface area (TPSA) is 100 Å². The van der Waals surface area contributed by atoms with Crippen LogP contribution in [-0.4, -0.2) is 22.7 Å². The van der Waals surface area contributed by atoms with Crippen LogP contribution in [0.2, 0.25) is 0 Å². The number of thioether (sulfide) groups is 1. The van der Waals surface area contributed by atoms with Gasteiger partial charge in [0.1, 0.15) is 10.9 Å². The van der Waals surface area contributed by atoms with Gasteiger partial charge in [0.15, 0.2) is 0 Å². The van der Waals surface area contributed by atoms with Gasteiger partial charge in [-0.3, -0.25) is 19.4 Å². The molecule has 3 amide bonds. The van der Waals surface area contributed by atoms with Crippen molar-refractivity contribution < 1.29 is 14.4 Å². The standard InChI is InChI=1S/C38H34N4O3S/c1-26(2)28-18-20-31(21-19-28)40-38(45)35(29-12-5-3-6-13-29)46-33-17-9-16-32(24-33)41-37(44)34(23-27-11-10-22-39-25-27)42-36(43)30-14-7-4-8-15-30/h3-26,35H,1-2H3,(H,40,45)(H,41,44)(H,42,43)/b34-23-. The van der Waals surface area contributed by atoms with Crippen LogP contribution in [0.15, 0.2) is 144 Å². The lowest BCUT2D eigenvalue weighted by Crippen LogP contribution is -2.30. The minimum atomic E-state index is -0.553. The van der Waals surface area contributed by atoms with Gasteiger partial charge in [-0.1, -0.05) is 86.6 Å². The zero-order chi connectivity index (χ0) is 32.3. The zero-order valence-corrected chi connectivity index (χ0v) is 26.3. The maximum absolute atomic E-state index is 13.6. The van der Waals surface area contributed by atoms with E-state index in [1.54, 1.807) is 60.9 Å². The van der Waals surface area contributed by atoms with Crippen molar-refractivity contribution in [3.8, 4) is 0 Å². The lowest BCUT2D eigenvalue weighted by Gasteiger charge is -2.18. The van der Waals surface area contributed by atoms with E-state index in [0.29, 0.717) is 22.7 Å². The molecule has 230 valence electrons. The van der Waals surface area contributed by atoms with Crippen molar-refractivity contribution >= 4 is 46.9 Å². The number of carbonyl (C=O) groups excluding carboxylic acids is 3. The summed E-state index contributed by atoms with van der Waals surface area (Å²) in [5.41, 5.74) is 4.42. The molecule has 1 atom stereocenters. The predicted molar refractivity (Wildman–Crippen MR) is 185 cm³/mol. The monoisotopic (exact) mass is 626 g/mol. The largest absolute Gasteiger partial charge is 0.325 e. The summed E-state index contributed by atoms with van der Waals surface area (Å²) in [4.78, 5) is 45.0. The van der Waals surface area contributed by atoms with Crippen LogP contribution >= 0.6 is 11.8 Å². The lowest BCUT2D eigenvalue weighted by molar-refractivity contribution is -0.116. The maximum Gasteiger partial charge on any atom is 0.272 e. The average Bonchev–Trinajstić information content (AvgIpc) is 3.08. The number of anilines is 2. The van der Waals surface area contributed by atoms with Crippen LogP contribution in [0.5, 0.6) is 0 Å². The zero-order valence-electron chi connectivity index (χ0n) is 25.5. The molecule has 0 aliphatic rings. The normalized spacial score (nSPS) is 11.8. The Hall–Kier alpha value is -5.47. The van der Waals surface area contributed by atoms with Crippen molar-refractivity contribution in [1.82, 2.24) is 10.3 Å². The first kappa shape index (κ1) is 31.9. The molecule has 7 nitrogen and oxygen atoms in total. The number of aromatic nitrogens is 1. The van der Waals surface area contributed by atoms with Crippen molar-refractivity contribution in [2.45, 2.75) is 29.9 Å². The summed E-state index contributed by atoms with van der Waals surface area (Å²) in [6, 6.07) is 37.0. The summed E-state index contributed by atoms with van der Waals surface area (Å²) >= 11 is 1.38. The molecule has 3 N–H and O–H groups in total. The van der Waals surface area contributed by atoms with Crippen LogP contribution < -0.4 is 16.0 Å². The fourth-order valence-electron chi connectivity index (χ4n) is 4.61. The molecule has 46 heavy (non-hydrogen) atoms. The molecule has 0 saturated heterocycles. The van der Waals surface area contributed by atoms with E-state index in [4.69, 9.17) is 0 Å². The minimum absolute atomic E-state index is 0.0601. The number of pyridine rings is 1. The lowest BCUT2D eigenvalue weighted by atomic mass is 10.0. The summed E-state index contributed by atoms with van der Waals surface area (Å²) in [6.07, 6.45) is 4.81. The van der Waals surface area contributed by atoms with Crippen molar-refractivity contribution in [2.75, 3.05) is 10.6 Å². The number of hydrogen-bond acceptors (Lipinski definition) is 5. The number of amides is 3. The highest BCUT2D eigenvalue weighted by molar-refractivity contribution is 8.00. The highest BCUT2D eigenvalue weighted by Crippen LogP contribution is 2.37. The molecule has 0 spiro atoms. The van der Waals surface area contributed by atoms with E-state index < -0.39 is 17.1 Å². The third-order valence-electron chi connectivity index (χ3n) is 7.06. The number of carbonyl (C=O) groups is 3. The van der Waals surface area contributed by atoms with Crippen molar-refractivity contribution in [2.24, 2.45) is 0 Å². The van der Waals surface area contributed by atoms with Gasteiger partial charge in [0.2, 0.25) is 5.91 Å². The summed E-state index contributed by atoms with van der Waals surface area (Å²) < 4.78 is 0. The molecule has 1 aromatic heterocycles. The van der Waals surface area contributed by atoms with Crippen LogP contribution in [0.1, 0.15) is 52.1 Å². The molecular weight excluding hydrogens is 593 g/mol. The van der Waals surface area contributed by atoms with Crippen LogP contribution in [0.4, 0.5) is 11.4 Å². The Labute approximate surface area is 273 Å². The first-order chi connectivity index (χ1) is 22.4. The molecule has 1 heterocycles. The van der Waals surface area contributed by atoms with Crippen molar-refractivity contribution in [3.05, 3.63) is 162 Å². The van der Waals surface area contributed by atoms with Crippen molar-refractivity contribution in [1.29, 1.82) is 0 Å². The van der Waals surface area contributed by atoms with Gasteiger partial charge in [0, 0.05) is 34.2 Å². The highest BCUT2D eigenvalue weighted by atomic mass is 32.2. The number of nitrogens with one attached hydrogen (secondary N) is 3. The second kappa shape index (κ2) is 15.5. The van der Waals surface area contributed by atoms with Crippen LogP contribution in [0.25, 0.3) is 6.08 Å². The van der Waals surface area contributed by atoms with Crippen LogP contribution in [0, 0.1) is 0 Å². The fraction of sp³-hybridized carbons (Fsp3) is 0.105. The predicted octanol–water partition coefficient (Wildman–Crippen LogP) is 8.09. The van der Waals surface area contributed by atoms with E-state index in [-0.39, 0.29) is 11.6 Å².